The van der Waals surface area contributed by atoms with Crippen LogP contribution in [0.4, 0.5) is 0 Å². The SMILES string of the molecule is CSC1(/C(N)=N/O)CCN(C(=O)c2cccc(=O)[nH]2)CC1. The summed E-state index contributed by atoms with van der Waals surface area (Å²) < 4.78 is -0.435. The highest BCUT2D eigenvalue weighted by Crippen LogP contribution is 2.35. The van der Waals surface area contributed by atoms with Crippen molar-refractivity contribution in [1.29, 1.82) is 0 Å². The Hall–Kier alpha value is -1.96. The van der Waals surface area contributed by atoms with Gasteiger partial charge in [-0.3, -0.25) is 9.59 Å². The fourth-order valence-corrected chi connectivity index (χ4v) is 3.31. The summed E-state index contributed by atoms with van der Waals surface area (Å²) in [6.45, 7) is 0.986. The van der Waals surface area contributed by atoms with Crippen LogP contribution in [0.1, 0.15) is 23.3 Å². The third-order valence-electron chi connectivity index (χ3n) is 3.82. The van der Waals surface area contributed by atoms with Gasteiger partial charge in [0.25, 0.3) is 5.91 Å². The lowest BCUT2D eigenvalue weighted by Crippen LogP contribution is -2.51. The molecule has 0 unspecified atom stereocenters. The molecule has 0 atom stereocenters. The maximum atomic E-state index is 12.3. The summed E-state index contributed by atoms with van der Waals surface area (Å²) in [7, 11) is 0. The highest BCUT2D eigenvalue weighted by atomic mass is 32.2. The van der Waals surface area contributed by atoms with E-state index in [0.29, 0.717) is 25.9 Å². The molecule has 1 saturated heterocycles. The molecule has 0 bridgehead atoms. The number of nitrogens with two attached hydrogens (primary N) is 1. The number of H-pyrrole nitrogens is 1. The number of hydrogen-bond acceptors (Lipinski definition) is 5. The van der Waals surface area contributed by atoms with Crippen LogP contribution in [0.15, 0.2) is 28.1 Å². The quantitative estimate of drug-likeness (QED) is 0.325. The summed E-state index contributed by atoms with van der Waals surface area (Å²) in [5, 5.41) is 12.0. The minimum Gasteiger partial charge on any atom is -0.409 e. The average molecular weight is 310 g/mol. The van der Waals surface area contributed by atoms with Crippen molar-refractivity contribution in [1.82, 2.24) is 9.88 Å². The van der Waals surface area contributed by atoms with E-state index in [0.717, 1.165) is 0 Å². The van der Waals surface area contributed by atoms with Crippen LogP contribution in [0.2, 0.25) is 0 Å². The molecule has 0 spiro atoms. The summed E-state index contributed by atoms with van der Waals surface area (Å²) in [5.74, 6) is -0.0165. The number of nitrogens with zero attached hydrogens (tertiary/aromatic N) is 2. The maximum absolute atomic E-state index is 12.3. The van der Waals surface area contributed by atoms with E-state index in [-0.39, 0.29) is 23.0 Å². The van der Waals surface area contributed by atoms with Gasteiger partial charge in [-0.1, -0.05) is 11.2 Å². The van der Waals surface area contributed by atoms with Crippen LogP contribution in [-0.4, -0.2) is 50.9 Å². The number of likely N-dealkylation sites (tertiary alicyclic amines) is 1. The number of carbonyl (C=O) groups excluding carboxylic acids is 1. The van der Waals surface area contributed by atoms with Crippen LogP contribution in [0.25, 0.3) is 0 Å². The van der Waals surface area contributed by atoms with Crippen molar-refractivity contribution in [3.8, 4) is 0 Å². The Bertz CT molecular complexity index is 605. The van der Waals surface area contributed by atoms with Gasteiger partial charge in [-0.2, -0.15) is 11.8 Å². The number of amidine groups is 1. The molecule has 114 valence electrons. The Balaban J connectivity index is 2.10. The largest absolute Gasteiger partial charge is 0.409 e. The van der Waals surface area contributed by atoms with Gasteiger partial charge in [0.15, 0.2) is 5.84 Å². The molecule has 1 fully saturated rings. The monoisotopic (exact) mass is 310 g/mol. The molecule has 8 heteroatoms. The van der Waals surface area contributed by atoms with E-state index in [1.807, 2.05) is 6.26 Å². The minimum atomic E-state index is -0.435. The molecule has 0 aliphatic carbocycles. The molecule has 0 saturated carbocycles. The molecule has 2 heterocycles. The van der Waals surface area contributed by atoms with E-state index in [1.54, 1.807) is 17.0 Å². The van der Waals surface area contributed by atoms with Gasteiger partial charge < -0.3 is 20.8 Å². The molecular weight excluding hydrogens is 292 g/mol. The standard InChI is InChI=1S/C13H18N4O3S/c1-21-13(12(14)16-20)5-7-17(8-6-13)11(19)9-3-2-4-10(18)15-9/h2-4,20H,5-8H2,1H3,(H2,14,16)(H,15,18). The molecule has 2 rings (SSSR count). The second-order valence-electron chi connectivity index (χ2n) is 4.90. The Morgan fingerprint density at radius 1 is 1.48 bits per heavy atom. The number of nitrogens with one attached hydrogen (secondary N) is 1. The summed E-state index contributed by atoms with van der Waals surface area (Å²) in [6.07, 6.45) is 3.12. The Morgan fingerprint density at radius 2 is 2.14 bits per heavy atom. The summed E-state index contributed by atoms with van der Waals surface area (Å²) in [6, 6.07) is 4.51. The summed E-state index contributed by atoms with van der Waals surface area (Å²) >= 11 is 1.53. The first kappa shape index (κ1) is 15.4. The van der Waals surface area contributed by atoms with Gasteiger partial charge in [0.1, 0.15) is 5.69 Å². The molecule has 0 aromatic carbocycles. The second-order valence-corrected chi connectivity index (χ2v) is 6.09. The first-order chi connectivity index (χ1) is 10.0. The minimum absolute atomic E-state index is 0.190. The van der Waals surface area contributed by atoms with Gasteiger partial charge in [-0.05, 0) is 25.2 Å². The molecule has 4 N–H and O–H groups in total. The molecule has 1 aliphatic rings. The zero-order valence-electron chi connectivity index (χ0n) is 11.7. The van der Waals surface area contributed by atoms with E-state index in [1.165, 1.54) is 17.8 Å². The first-order valence-corrected chi connectivity index (χ1v) is 7.76. The number of thioether (sulfide) groups is 1. The van der Waals surface area contributed by atoms with Crippen molar-refractivity contribution in [2.75, 3.05) is 19.3 Å². The van der Waals surface area contributed by atoms with Crippen LogP contribution < -0.4 is 11.3 Å². The van der Waals surface area contributed by atoms with Crippen molar-refractivity contribution in [2.24, 2.45) is 10.9 Å². The van der Waals surface area contributed by atoms with E-state index in [9.17, 15) is 9.59 Å². The third-order valence-corrected chi connectivity index (χ3v) is 5.22. The highest BCUT2D eigenvalue weighted by Gasteiger charge is 2.39. The van der Waals surface area contributed by atoms with Gasteiger partial charge >= 0.3 is 0 Å². The number of oxime groups is 1. The van der Waals surface area contributed by atoms with Crippen LogP contribution in [-0.2, 0) is 0 Å². The molecule has 1 aliphatic heterocycles. The zero-order chi connectivity index (χ0) is 15.5. The maximum Gasteiger partial charge on any atom is 0.270 e. The molecule has 1 aromatic rings. The Kier molecular flexibility index (Phi) is 4.56. The number of amides is 1. The topological polar surface area (TPSA) is 112 Å². The fourth-order valence-electron chi connectivity index (χ4n) is 2.47. The van der Waals surface area contributed by atoms with Crippen molar-refractivity contribution in [3.05, 3.63) is 34.2 Å². The smallest absolute Gasteiger partial charge is 0.270 e. The molecule has 21 heavy (non-hydrogen) atoms. The van der Waals surface area contributed by atoms with Crippen LogP contribution >= 0.6 is 11.8 Å². The van der Waals surface area contributed by atoms with Crippen molar-refractivity contribution in [3.63, 3.8) is 0 Å². The highest BCUT2D eigenvalue weighted by molar-refractivity contribution is 8.00. The van der Waals surface area contributed by atoms with E-state index < -0.39 is 4.75 Å². The lowest BCUT2D eigenvalue weighted by Gasteiger charge is -2.39. The molecule has 1 amide bonds. The molecular formula is C13H18N4O3S. The van der Waals surface area contributed by atoms with Gasteiger partial charge in [0.2, 0.25) is 5.56 Å². The molecule has 1 aromatic heterocycles. The van der Waals surface area contributed by atoms with Gasteiger partial charge in [0.05, 0.1) is 4.75 Å². The molecule has 7 nitrogen and oxygen atoms in total. The number of aromatic nitrogens is 1. The van der Waals surface area contributed by atoms with E-state index in [2.05, 4.69) is 10.1 Å². The van der Waals surface area contributed by atoms with Crippen molar-refractivity contribution >= 4 is 23.5 Å². The first-order valence-electron chi connectivity index (χ1n) is 6.54. The van der Waals surface area contributed by atoms with Gasteiger partial charge in [0, 0.05) is 19.2 Å². The summed E-state index contributed by atoms with van der Waals surface area (Å²) in [4.78, 5) is 27.8. The van der Waals surface area contributed by atoms with E-state index >= 15 is 0 Å². The van der Waals surface area contributed by atoms with Crippen molar-refractivity contribution in [2.45, 2.75) is 17.6 Å². The van der Waals surface area contributed by atoms with E-state index in [4.69, 9.17) is 10.9 Å². The van der Waals surface area contributed by atoms with Gasteiger partial charge in [-0.25, -0.2) is 0 Å². The molecule has 0 radical (unpaired) electrons. The summed E-state index contributed by atoms with van der Waals surface area (Å²) in [5.41, 5.74) is 5.76. The Labute approximate surface area is 126 Å². The van der Waals surface area contributed by atoms with Crippen LogP contribution in [0.3, 0.4) is 0 Å². The van der Waals surface area contributed by atoms with Crippen LogP contribution in [0, 0.1) is 0 Å². The normalized spacial score (nSPS) is 18.5. The number of piperidine rings is 1. The predicted molar refractivity (Wildman–Crippen MR) is 81.9 cm³/mol. The third kappa shape index (κ3) is 3.05. The van der Waals surface area contributed by atoms with Crippen LogP contribution in [0.5, 0.6) is 0 Å². The number of hydrogen-bond donors (Lipinski definition) is 3. The van der Waals surface area contributed by atoms with Crippen molar-refractivity contribution < 1.29 is 10.0 Å². The zero-order valence-corrected chi connectivity index (χ0v) is 12.5. The van der Waals surface area contributed by atoms with Gasteiger partial charge in [-0.15, -0.1) is 0 Å². The number of rotatable bonds is 3. The lowest BCUT2D eigenvalue weighted by molar-refractivity contribution is 0.0711. The Morgan fingerprint density at radius 3 is 2.67 bits per heavy atom. The number of aromatic amines is 1. The average Bonchev–Trinajstić information content (AvgIpc) is 2.53. The predicted octanol–water partition coefficient (Wildman–Crippen LogP) is 0.459. The second kappa shape index (κ2) is 6.21. The fraction of sp³-hybridized carbons (Fsp3) is 0.462. The number of carbonyl (C=O) groups is 1. The number of pyridine rings is 1. The lowest BCUT2D eigenvalue weighted by atomic mass is 9.94.